The van der Waals surface area contributed by atoms with Crippen molar-refractivity contribution >= 4 is 17.2 Å². The van der Waals surface area contributed by atoms with Crippen molar-refractivity contribution in [1.29, 1.82) is 0 Å². The standard InChI is InChI=1S/C20H23N5O2S/c1-4-27-16-9-7-15(8-10-16)25-14(3)17(22-23-25)19-21-13(2)18(28-19)20(26)24-11-5-6-12-24/h7-10H,4-6,11-12H2,1-3H3. The lowest BCUT2D eigenvalue weighted by Gasteiger charge is -2.13. The van der Waals surface area contributed by atoms with Crippen LogP contribution in [0.5, 0.6) is 5.75 Å². The number of amides is 1. The quantitative estimate of drug-likeness (QED) is 0.657. The molecule has 0 N–H and O–H groups in total. The molecule has 3 heterocycles. The van der Waals surface area contributed by atoms with E-state index in [4.69, 9.17) is 4.74 Å². The second-order valence-electron chi connectivity index (χ2n) is 6.80. The maximum absolute atomic E-state index is 12.8. The molecule has 0 aliphatic carbocycles. The van der Waals surface area contributed by atoms with Gasteiger partial charge in [0.05, 0.1) is 23.7 Å². The summed E-state index contributed by atoms with van der Waals surface area (Å²) in [6.07, 6.45) is 2.15. The maximum Gasteiger partial charge on any atom is 0.265 e. The number of hydrogen-bond donors (Lipinski definition) is 0. The summed E-state index contributed by atoms with van der Waals surface area (Å²) < 4.78 is 7.27. The molecule has 1 aromatic carbocycles. The van der Waals surface area contributed by atoms with Gasteiger partial charge in [0.25, 0.3) is 5.91 Å². The topological polar surface area (TPSA) is 73.1 Å². The fraction of sp³-hybridized carbons (Fsp3) is 0.400. The van der Waals surface area contributed by atoms with Gasteiger partial charge in [0.15, 0.2) is 0 Å². The fourth-order valence-corrected chi connectivity index (χ4v) is 4.45. The van der Waals surface area contributed by atoms with Crippen molar-refractivity contribution in [2.24, 2.45) is 0 Å². The van der Waals surface area contributed by atoms with Gasteiger partial charge in [-0.1, -0.05) is 5.21 Å². The molecule has 1 aliphatic heterocycles. The SMILES string of the molecule is CCOc1ccc(-n2nnc(-c3nc(C)c(C(=O)N4CCCC4)s3)c2C)cc1. The van der Waals surface area contributed by atoms with E-state index >= 15 is 0 Å². The lowest BCUT2D eigenvalue weighted by Crippen LogP contribution is -2.27. The number of aromatic nitrogens is 4. The third-order valence-electron chi connectivity index (χ3n) is 4.87. The lowest BCUT2D eigenvalue weighted by molar-refractivity contribution is 0.0796. The molecule has 1 amide bonds. The zero-order valence-electron chi connectivity index (χ0n) is 16.3. The Morgan fingerprint density at radius 3 is 2.57 bits per heavy atom. The molecule has 2 aromatic heterocycles. The van der Waals surface area contributed by atoms with Crippen LogP contribution >= 0.6 is 11.3 Å². The number of benzene rings is 1. The minimum Gasteiger partial charge on any atom is -0.494 e. The van der Waals surface area contributed by atoms with E-state index < -0.39 is 0 Å². The Bertz CT molecular complexity index is 987. The number of rotatable bonds is 5. The van der Waals surface area contributed by atoms with Gasteiger partial charge < -0.3 is 9.64 Å². The molecule has 8 heteroatoms. The molecule has 0 atom stereocenters. The molecule has 146 valence electrons. The first-order valence-electron chi connectivity index (χ1n) is 9.51. The van der Waals surface area contributed by atoms with Gasteiger partial charge in [0, 0.05) is 13.1 Å². The summed E-state index contributed by atoms with van der Waals surface area (Å²) in [6.45, 7) is 8.10. The van der Waals surface area contributed by atoms with Crippen molar-refractivity contribution < 1.29 is 9.53 Å². The Kier molecular flexibility index (Phi) is 5.13. The smallest absolute Gasteiger partial charge is 0.265 e. The first kappa shape index (κ1) is 18.6. The number of thiazole rings is 1. The predicted molar refractivity (Wildman–Crippen MR) is 108 cm³/mol. The van der Waals surface area contributed by atoms with Crippen LogP contribution in [0.25, 0.3) is 16.4 Å². The van der Waals surface area contributed by atoms with Crippen molar-refractivity contribution in [2.75, 3.05) is 19.7 Å². The van der Waals surface area contributed by atoms with Crippen LogP contribution in [0.15, 0.2) is 24.3 Å². The summed E-state index contributed by atoms with van der Waals surface area (Å²) in [6, 6.07) is 7.73. The third kappa shape index (κ3) is 3.40. The second kappa shape index (κ2) is 7.71. The van der Waals surface area contributed by atoms with Gasteiger partial charge in [0.1, 0.15) is 21.3 Å². The van der Waals surface area contributed by atoms with Crippen LogP contribution < -0.4 is 4.74 Å². The van der Waals surface area contributed by atoms with E-state index in [-0.39, 0.29) is 5.91 Å². The zero-order valence-corrected chi connectivity index (χ0v) is 17.1. The number of carbonyl (C=O) groups is 1. The van der Waals surface area contributed by atoms with Crippen molar-refractivity contribution in [2.45, 2.75) is 33.6 Å². The van der Waals surface area contributed by atoms with Crippen molar-refractivity contribution in [1.82, 2.24) is 24.9 Å². The largest absolute Gasteiger partial charge is 0.494 e. The molecule has 3 aromatic rings. The third-order valence-corrected chi connectivity index (χ3v) is 6.03. The van der Waals surface area contributed by atoms with Crippen LogP contribution in [0, 0.1) is 13.8 Å². The van der Waals surface area contributed by atoms with Crippen LogP contribution in [0.4, 0.5) is 0 Å². The summed E-state index contributed by atoms with van der Waals surface area (Å²) in [5, 5.41) is 9.36. The Labute approximate surface area is 168 Å². The summed E-state index contributed by atoms with van der Waals surface area (Å²) in [4.78, 5) is 20.0. The van der Waals surface area contributed by atoms with Gasteiger partial charge in [0.2, 0.25) is 0 Å². The van der Waals surface area contributed by atoms with E-state index in [1.165, 1.54) is 11.3 Å². The Morgan fingerprint density at radius 1 is 1.18 bits per heavy atom. The highest BCUT2D eigenvalue weighted by Gasteiger charge is 2.25. The second-order valence-corrected chi connectivity index (χ2v) is 7.79. The average Bonchev–Trinajstić information content (AvgIpc) is 3.42. The Hall–Kier alpha value is -2.74. The molecule has 0 radical (unpaired) electrons. The highest BCUT2D eigenvalue weighted by Crippen LogP contribution is 2.31. The predicted octanol–water partition coefficient (Wildman–Crippen LogP) is 3.64. The molecular formula is C20H23N5O2S. The first-order chi connectivity index (χ1) is 13.6. The van der Waals surface area contributed by atoms with Crippen molar-refractivity contribution in [3.63, 3.8) is 0 Å². The molecule has 7 nitrogen and oxygen atoms in total. The summed E-state index contributed by atoms with van der Waals surface area (Å²) >= 11 is 1.40. The van der Waals surface area contributed by atoms with E-state index in [2.05, 4.69) is 15.3 Å². The number of nitrogens with zero attached hydrogens (tertiary/aromatic N) is 5. The van der Waals surface area contributed by atoms with Crippen LogP contribution in [-0.4, -0.2) is 50.5 Å². The van der Waals surface area contributed by atoms with Crippen molar-refractivity contribution in [3.05, 3.63) is 40.5 Å². The lowest BCUT2D eigenvalue weighted by atomic mass is 10.3. The maximum atomic E-state index is 12.8. The van der Waals surface area contributed by atoms with Crippen molar-refractivity contribution in [3.8, 4) is 22.1 Å². The first-order valence-corrected chi connectivity index (χ1v) is 10.3. The number of hydrogen-bond acceptors (Lipinski definition) is 6. The average molecular weight is 398 g/mol. The molecule has 0 spiro atoms. The van der Waals surface area contributed by atoms with E-state index in [9.17, 15) is 4.79 Å². The van der Waals surface area contributed by atoms with Gasteiger partial charge >= 0.3 is 0 Å². The van der Waals surface area contributed by atoms with Gasteiger partial charge in [-0.2, -0.15) is 0 Å². The van der Waals surface area contributed by atoms with Gasteiger partial charge in [-0.15, -0.1) is 16.4 Å². The van der Waals surface area contributed by atoms with Gasteiger partial charge in [-0.25, -0.2) is 9.67 Å². The zero-order chi connectivity index (χ0) is 19.7. The molecule has 1 aliphatic rings. The molecule has 1 saturated heterocycles. The number of ether oxygens (including phenoxy) is 1. The summed E-state index contributed by atoms with van der Waals surface area (Å²) in [5.74, 6) is 0.903. The van der Waals surface area contributed by atoms with Gasteiger partial charge in [-0.3, -0.25) is 4.79 Å². The molecule has 0 unspecified atom stereocenters. The molecule has 0 bridgehead atoms. The monoisotopic (exact) mass is 397 g/mol. The Morgan fingerprint density at radius 2 is 1.89 bits per heavy atom. The fourth-order valence-electron chi connectivity index (χ4n) is 3.38. The minimum atomic E-state index is 0.0790. The highest BCUT2D eigenvalue weighted by atomic mass is 32.1. The van der Waals surface area contributed by atoms with Crippen LogP contribution in [-0.2, 0) is 0 Å². The normalized spacial score (nSPS) is 13.9. The van der Waals surface area contributed by atoms with E-state index in [0.717, 1.165) is 53.8 Å². The van der Waals surface area contributed by atoms with Crippen LogP contribution in [0.1, 0.15) is 40.8 Å². The number of aryl methyl sites for hydroxylation is 1. The number of carbonyl (C=O) groups excluding carboxylic acids is 1. The van der Waals surface area contributed by atoms with E-state index in [1.54, 1.807) is 4.68 Å². The molecule has 4 rings (SSSR count). The Balaban J connectivity index is 1.62. The number of likely N-dealkylation sites (tertiary alicyclic amines) is 1. The highest BCUT2D eigenvalue weighted by molar-refractivity contribution is 7.17. The molecule has 1 fully saturated rings. The molecule has 0 saturated carbocycles. The minimum absolute atomic E-state index is 0.0790. The molecule has 28 heavy (non-hydrogen) atoms. The summed E-state index contributed by atoms with van der Waals surface area (Å²) in [5.41, 5.74) is 3.26. The van der Waals surface area contributed by atoms with Crippen LogP contribution in [0.2, 0.25) is 0 Å². The molecular weight excluding hydrogens is 374 g/mol. The van der Waals surface area contributed by atoms with E-state index in [0.29, 0.717) is 17.2 Å². The summed E-state index contributed by atoms with van der Waals surface area (Å²) in [7, 11) is 0. The van der Waals surface area contributed by atoms with E-state index in [1.807, 2.05) is 49.9 Å². The van der Waals surface area contributed by atoms with Crippen LogP contribution in [0.3, 0.4) is 0 Å². The van der Waals surface area contributed by atoms with Gasteiger partial charge in [-0.05, 0) is 57.9 Å².